The van der Waals surface area contributed by atoms with Crippen molar-refractivity contribution in [3.8, 4) is 0 Å². The van der Waals surface area contributed by atoms with Gasteiger partial charge >= 0.3 is 0 Å². The second-order valence-electron chi connectivity index (χ2n) is 6.79. The van der Waals surface area contributed by atoms with Crippen LogP contribution in [0.15, 0.2) is 11.6 Å². The van der Waals surface area contributed by atoms with Crippen LogP contribution in [0.4, 0.5) is 0 Å². The Kier molecular flexibility index (Phi) is 4.45. The highest BCUT2D eigenvalue weighted by molar-refractivity contribution is 5.79. The second-order valence-corrected chi connectivity index (χ2v) is 6.79. The molecule has 1 spiro atoms. The summed E-state index contributed by atoms with van der Waals surface area (Å²) in [6.45, 7) is 2.89. The maximum atomic E-state index is 12.8. The quantitative estimate of drug-likeness (QED) is 0.786. The van der Waals surface area contributed by atoms with E-state index >= 15 is 0 Å². The number of rotatable bonds is 2. The molecule has 0 aromatic rings. The van der Waals surface area contributed by atoms with Crippen LogP contribution in [-0.2, 0) is 4.79 Å². The van der Waals surface area contributed by atoms with Crippen LogP contribution < -0.4 is 5.32 Å². The first-order valence-corrected chi connectivity index (χ1v) is 8.49. The molecule has 20 heavy (non-hydrogen) atoms. The Morgan fingerprint density at radius 1 is 1.20 bits per heavy atom. The van der Waals surface area contributed by atoms with E-state index in [1.165, 1.54) is 56.9 Å². The summed E-state index contributed by atoms with van der Waals surface area (Å²) in [5.41, 5.74) is 1.54. The number of nitrogens with zero attached hydrogens (tertiary/aromatic N) is 1. The highest BCUT2D eigenvalue weighted by Crippen LogP contribution is 2.35. The SMILES string of the molecule is O=C(CC1=CCCCC1)N1CCNCC12CCCCC2. The Labute approximate surface area is 122 Å². The first-order valence-electron chi connectivity index (χ1n) is 8.49. The minimum atomic E-state index is 0.142. The van der Waals surface area contributed by atoms with E-state index in [-0.39, 0.29) is 5.54 Å². The Hall–Kier alpha value is -0.830. The Bertz CT molecular complexity index is 374. The molecule has 1 saturated heterocycles. The number of nitrogens with one attached hydrogen (secondary N) is 1. The van der Waals surface area contributed by atoms with Crippen LogP contribution in [0, 0.1) is 0 Å². The Morgan fingerprint density at radius 2 is 2.05 bits per heavy atom. The van der Waals surface area contributed by atoms with Crippen molar-refractivity contribution in [1.29, 1.82) is 0 Å². The summed E-state index contributed by atoms with van der Waals surface area (Å²) in [7, 11) is 0. The van der Waals surface area contributed by atoms with Crippen molar-refractivity contribution in [2.24, 2.45) is 0 Å². The van der Waals surface area contributed by atoms with Crippen molar-refractivity contribution in [3.05, 3.63) is 11.6 Å². The fourth-order valence-corrected chi connectivity index (χ4v) is 4.25. The summed E-state index contributed by atoms with van der Waals surface area (Å²) in [5.74, 6) is 0.390. The summed E-state index contributed by atoms with van der Waals surface area (Å²) < 4.78 is 0. The van der Waals surface area contributed by atoms with E-state index in [0.717, 1.165) is 26.1 Å². The van der Waals surface area contributed by atoms with Crippen LogP contribution in [0.25, 0.3) is 0 Å². The van der Waals surface area contributed by atoms with Gasteiger partial charge in [0.25, 0.3) is 0 Å². The molecule has 2 aliphatic carbocycles. The fourth-order valence-electron chi connectivity index (χ4n) is 4.25. The largest absolute Gasteiger partial charge is 0.334 e. The van der Waals surface area contributed by atoms with Gasteiger partial charge in [-0.1, -0.05) is 30.9 Å². The van der Waals surface area contributed by atoms with Crippen LogP contribution in [0.1, 0.15) is 64.2 Å². The molecule has 3 nitrogen and oxygen atoms in total. The highest BCUT2D eigenvalue weighted by Gasteiger charge is 2.41. The molecule has 1 heterocycles. The van der Waals surface area contributed by atoms with E-state index < -0.39 is 0 Å². The maximum absolute atomic E-state index is 12.8. The lowest BCUT2D eigenvalue weighted by Crippen LogP contribution is -2.63. The number of hydrogen-bond acceptors (Lipinski definition) is 2. The van der Waals surface area contributed by atoms with Crippen LogP contribution in [0.5, 0.6) is 0 Å². The molecule has 3 aliphatic rings. The van der Waals surface area contributed by atoms with Gasteiger partial charge in [-0.15, -0.1) is 0 Å². The molecule has 0 radical (unpaired) electrons. The van der Waals surface area contributed by atoms with Gasteiger partial charge in [0.1, 0.15) is 0 Å². The van der Waals surface area contributed by atoms with Crippen molar-refractivity contribution >= 4 is 5.91 Å². The zero-order chi connectivity index (χ0) is 13.8. The number of piperazine rings is 1. The molecular weight excluding hydrogens is 248 g/mol. The normalized spacial score (nSPS) is 26.4. The number of hydrogen-bond donors (Lipinski definition) is 1. The zero-order valence-electron chi connectivity index (χ0n) is 12.6. The van der Waals surface area contributed by atoms with E-state index in [4.69, 9.17) is 0 Å². The van der Waals surface area contributed by atoms with Crippen molar-refractivity contribution in [1.82, 2.24) is 10.2 Å². The van der Waals surface area contributed by atoms with Gasteiger partial charge in [0.2, 0.25) is 5.91 Å². The van der Waals surface area contributed by atoms with Gasteiger partial charge in [-0.25, -0.2) is 0 Å². The lowest BCUT2D eigenvalue weighted by atomic mass is 9.78. The first kappa shape index (κ1) is 14.1. The van der Waals surface area contributed by atoms with E-state index in [9.17, 15) is 4.79 Å². The second kappa shape index (κ2) is 6.30. The van der Waals surface area contributed by atoms with Crippen molar-refractivity contribution in [2.45, 2.75) is 69.7 Å². The van der Waals surface area contributed by atoms with Crippen LogP contribution in [0.3, 0.4) is 0 Å². The number of allylic oxidation sites excluding steroid dienone is 1. The molecule has 1 amide bonds. The van der Waals surface area contributed by atoms with Gasteiger partial charge in [0.15, 0.2) is 0 Å². The van der Waals surface area contributed by atoms with Crippen molar-refractivity contribution < 1.29 is 4.79 Å². The molecule has 0 atom stereocenters. The molecule has 0 aromatic carbocycles. The minimum Gasteiger partial charge on any atom is -0.334 e. The molecular formula is C17H28N2O. The molecule has 3 rings (SSSR count). The van der Waals surface area contributed by atoms with E-state index in [1.54, 1.807) is 0 Å². The smallest absolute Gasteiger partial charge is 0.227 e. The summed E-state index contributed by atoms with van der Waals surface area (Å²) in [4.78, 5) is 15.0. The molecule has 1 N–H and O–H groups in total. The lowest BCUT2D eigenvalue weighted by molar-refractivity contribution is -0.140. The monoisotopic (exact) mass is 276 g/mol. The molecule has 1 aliphatic heterocycles. The average Bonchev–Trinajstić information content (AvgIpc) is 2.49. The minimum absolute atomic E-state index is 0.142. The van der Waals surface area contributed by atoms with Gasteiger partial charge in [0.05, 0.1) is 5.54 Å². The molecule has 0 unspecified atom stereocenters. The fraction of sp³-hybridized carbons (Fsp3) is 0.824. The van der Waals surface area contributed by atoms with E-state index in [2.05, 4.69) is 16.3 Å². The maximum Gasteiger partial charge on any atom is 0.227 e. The third kappa shape index (κ3) is 2.93. The number of carbonyl (C=O) groups excluding carboxylic acids is 1. The zero-order valence-corrected chi connectivity index (χ0v) is 12.6. The van der Waals surface area contributed by atoms with Crippen LogP contribution in [0.2, 0.25) is 0 Å². The molecule has 0 bridgehead atoms. The predicted molar refractivity (Wildman–Crippen MR) is 81.6 cm³/mol. The van der Waals surface area contributed by atoms with Crippen molar-refractivity contribution in [2.75, 3.05) is 19.6 Å². The molecule has 1 saturated carbocycles. The van der Waals surface area contributed by atoms with Gasteiger partial charge < -0.3 is 10.2 Å². The van der Waals surface area contributed by atoms with Gasteiger partial charge in [-0.05, 0) is 38.5 Å². The Morgan fingerprint density at radius 3 is 2.80 bits per heavy atom. The van der Waals surface area contributed by atoms with Crippen LogP contribution in [-0.4, -0.2) is 36.0 Å². The number of carbonyl (C=O) groups is 1. The van der Waals surface area contributed by atoms with Gasteiger partial charge in [0, 0.05) is 26.1 Å². The third-order valence-corrected chi connectivity index (χ3v) is 5.39. The predicted octanol–water partition coefficient (Wildman–Crippen LogP) is 3.01. The van der Waals surface area contributed by atoms with Gasteiger partial charge in [-0.2, -0.15) is 0 Å². The highest BCUT2D eigenvalue weighted by atomic mass is 16.2. The summed E-state index contributed by atoms with van der Waals surface area (Å²) >= 11 is 0. The molecule has 112 valence electrons. The van der Waals surface area contributed by atoms with Crippen LogP contribution >= 0.6 is 0 Å². The molecule has 2 fully saturated rings. The van der Waals surface area contributed by atoms with E-state index in [0.29, 0.717) is 12.3 Å². The summed E-state index contributed by atoms with van der Waals surface area (Å²) in [5, 5.41) is 3.53. The third-order valence-electron chi connectivity index (χ3n) is 5.39. The summed E-state index contributed by atoms with van der Waals surface area (Å²) in [6.07, 6.45) is 14.2. The summed E-state index contributed by atoms with van der Waals surface area (Å²) in [6, 6.07) is 0. The molecule has 0 aromatic heterocycles. The Balaban J connectivity index is 1.69. The lowest BCUT2D eigenvalue weighted by Gasteiger charge is -2.50. The van der Waals surface area contributed by atoms with Gasteiger partial charge in [-0.3, -0.25) is 4.79 Å². The first-order chi connectivity index (χ1) is 9.80. The topological polar surface area (TPSA) is 32.3 Å². The molecule has 3 heteroatoms. The van der Waals surface area contributed by atoms with E-state index in [1.807, 2.05) is 0 Å². The standard InChI is InChI=1S/C17H28N2O/c20-16(13-15-7-3-1-4-8-15)19-12-11-18-14-17(19)9-5-2-6-10-17/h7,18H,1-6,8-14H2. The average molecular weight is 276 g/mol. The number of amides is 1. The van der Waals surface area contributed by atoms with Crippen molar-refractivity contribution in [3.63, 3.8) is 0 Å².